The summed E-state index contributed by atoms with van der Waals surface area (Å²) in [6, 6.07) is 8.88. The van der Waals surface area contributed by atoms with Crippen LogP contribution in [-0.4, -0.2) is 31.1 Å². The van der Waals surface area contributed by atoms with Crippen LogP contribution in [0.2, 0.25) is 5.02 Å². The second kappa shape index (κ2) is 7.22. The van der Waals surface area contributed by atoms with Crippen LogP contribution in [0.3, 0.4) is 0 Å². The highest BCUT2D eigenvalue weighted by molar-refractivity contribution is 6.30. The molecule has 2 rings (SSSR count). The lowest BCUT2D eigenvalue weighted by Gasteiger charge is -2.24. The van der Waals surface area contributed by atoms with Crippen molar-refractivity contribution in [2.45, 2.75) is 25.4 Å². The van der Waals surface area contributed by atoms with Gasteiger partial charge in [-0.05, 0) is 44.1 Å². The van der Waals surface area contributed by atoms with E-state index in [-0.39, 0.29) is 12.4 Å². The molecule has 4 heteroatoms. The summed E-state index contributed by atoms with van der Waals surface area (Å²) >= 11 is 5.88. The molecule has 0 aliphatic carbocycles. The molecule has 0 spiro atoms. The maximum absolute atomic E-state index is 5.88. The van der Waals surface area contributed by atoms with Gasteiger partial charge in [-0.2, -0.15) is 0 Å². The third-order valence-electron chi connectivity index (χ3n) is 3.24. The fourth-order valence-corrected chi connectivity index (χ4v) is 2.52. The van der Waals surface area contributed by atoms with Crippen molar-refractivity contribution in [1.29, 1.82) is 0 Å². The molecule has 17 heavy (non-hydrogen) atoms. The maximum Gasteiger partial charge on any atom is 0.0406 e. The number of nitrogens with zero attached hydrogens (tertiary/aromatic N) is 1. The van der Waals surface area contributed by atoms with E-state index in [1.54, 1.807) is 0 Å². The van der Waals surface area contributed by atoms with Crippen molar-refractivity contribution >= 4 is 24.0 Å². The minimum Gasteiger partial charge on any atom is -0.318 e. The van der Waals surface area contributed by atoms with Crippen LogP contribution in [-0.2, 0) is 6.54 Å². The lowest BCUT2D eigenvalue weighted by Crippen LogP contribution is -2.36. The molecule has 1 unspecified atom stereocenters. The van der Waals surface area contributed by atoms with Crippen molar-refractivity contribution in [3.63, 3.8) is 0 Å². The summed E-state index contributed by atoms with van der Waals surface area (Å²) in [6.07, 6.45) is 2.63. The first kappa shape index (κ1) is 14.8. The molecule has 2 nitrogen and oxygen atoms in total. The van der Waals surface area contributed by atoms with Gasteiger partial charge in [0, 0.05) is 24.2 Å². The fourth-order valence-electron chi connectivity index (χ4n) is 2.39. The minimum atomic E-state index is 0. The number of nitrogens with one attached hydrogen (secondary N) is 1. The number of rotatable bonds is 4. The smallest absolute Gasteiger partial charge is 0.0406 e. The molecular weight excluding hydrogens is 255 g/mol. The molecule has 1 aromatic carbocycles. The van der Waals surface area contributed by atoms with Gasteiger partial charge in [0.05, 0.1) is 0 Å². The Morgan fingerprint density at radius 1 is 1.35 bits per heavy atom. The van der Waals surface area contributed by atoms with Gasteiger partial charge in [-0.25, -0.2) is 0 Å². The van der Waals surface area contributed by atoms with Crippen molar-refractivity contribution in [2.24, 2.45) is 0 Å². The predicted octanol–water partition coefficient (Wildman–Crippen LogP) is 2.95. The van der Waals surface area contributed by atoms with E-state index < -0.39 is 0 Å². The van der Waals surface area contributed by atoms with Gasteiger partial charge in [0.25, 0.3) is 0 Å². The molecule has 1 fully saturated rings. The Kier molecular flexibility index (Phi) is 6.28. The van der Waals surface area contributed by atoms with Crippen LogP contribution in [0.25, 0.3) is 0 Å². The minimum absolute atomic E-state index is 0. The molecule has 0 radical (unpaired) electrons. The Hall–Kier alpha value is -0.280. The van der Waals surface area contributed by atoms with Crippen LogP contribution in [0.5, 0.6) is 0 Å². The van der Waals surface area contributed by atoms with Crippen molar-refractivity contribution in [3.05, 3.63) is 34.9 Å². The van der Waals surface area contributed by atoms with Crippen molar-refractivity contribution in [3.8, 4) is 0 Å². The quantitative estimate of drug-likeness (QED) is 0.909. The van der Waals surface area contributed by atoms with Gasteiger partial charge < -0.3 is 5.32 Å². The monoisotopic (exact) mass is 274 g/mol. The Morgan fingerprint density at radius 3 is 2.71 bits per heavy atom. The molecule has 0 amide bonds. The summed E-state index contributed by atoms with van der Waals surface area (Å²) in [5.41, 5.74) is 1.35. The van der Waals surface area contributed by atoms with Crippen LogP contribution in [0.15, 0.2) is 24.3 Å². The maximum atomic E-state index is 5.88. The van der Waals surface area contributed by atoms with Gasteiger partial charge in [0.15, 0.2) is 0 Å². The summed E-state index contributed by atoms with van der Waals surface area (Å²) in [6.45, 7) is 3.35. The molecule has 1 aliphatic heterocycles. The van der Waals surface area contributed by atoms with Gasteiger partial charge >= 0.3 is 0 Å². The van der Waals surface area contributed by atoms with Gasteiger partial charge in [-0.15, -0.1) is 12.4 Å². The molecule has 1 aromatic rings. The zero-order valence-electron chi connectivity index (χ0n) is 10.2. The average Bonchev–Trinajstić information content (AvgIpc) is 2.70. The zero-order chi connectivity index (χ0) is 11.4. The number of halogens is 2. The normalized spacial score (nSPS) is 20.2. The van der Waals surface area contributed by atoms with Crippen molar-refractivity contribution in [1.82, 2.24) is 10.2 Å². The van der Waals surface area contributed by atoms with E-state index in [1.807, 2.05) is 19.2 Å². The van der Waals surface area contributed by atoms with E-state index in [4.69, 9.17) is 11.6 Å². The highest BCUT2D eigenvalue weighted by atomic mass is 35.5. The number of benzene rings is 1. The summed E-state index contributed by atoms with van der Waals surface area (Å²) < 4.78 is 0. The molecular formula is C13H20Cl2N2. The third-order valence-corrected chi connectivity index (χ3v) is 3.49. The average molecular weight is 275 g/mol. The standard InChI is InChI=1S/C13H19ClN2.ClH/c1-15-9-13-3-2-8-16(13)10-11-4-6-12(14)7-5-11;/h4-7,13,15H,2-3,8-10H2,1H3;1H. The van der Waals surface area contributed by atoms with E-state index in [9.17, 15) is 0 Å². The Labute approximate surface area is 115 Å². The van der Waals surface area contributed by atoms with E-state index >= 15 is 0 Å². The summed E-state index contributed by atoms with van der Waals surface area (Å²) in [5, 5.41) is 4.09. The largest absolute Gasteiger partial charge is 0.318 e. The summed E-state index contributed by atoms with van der Waals surface area (Å²) in [7, 11) is 2.03. The lowest BCUT2D eigenvalue weighted by molar-refractivity contribution is 0.242. The second-order valence-corrected chi connectivity index (χ2v) is 4.89. The van der Waals surface area contributed by atoms with Crippen LogP contribution >= 0.6 is 24.0 Å². The molecule has 1 aliphatic rings. The molecule has 0 bridgehead atoms. The van der Waals surface area contributed by atoms with Crippen molar-refractivity contribution < 1.29 is 0 Å². The van der Waals surface area contributed by atoms with Crippen LogP contribution in [0.1, 0.15) is 18.4 Å². The number of hydrogen-bond acceptors (Lipinski definition) is 2. The highest BCUT2D eigenvalue weighted by Crippen LogP contribution is 2.20. The topological polar surface area (TPSA) is 15.3 Å². The Bertz CT molecular complexity index is 327. The first-order chi connectivity index (χ1) is 7.79. The van der Waals surface area contributed by atoms with Crippen LogP contribution < -0.4 is 5.32 Å². The summed E-state index contributed by atoms with van der Waals surface area (Å²) in [5.74, 6) is 0. The molecule has 96 valence electrons. The van der Waals surface area contributed by atoms with E-state index in [1.165, 1.54) is 24.9 Å². The number of hydrogen-bond donors (Lipinski definition) is 1. The van der Waals surface area contributed by atoms with E-state index in [0.717, 1.165) is 18.1 Å². The number of likely N-dealkylation sites (tertiary alicyclic amines) is 1. The predicted molar refractivity (Wildman–Crippen MR) is 76.1 cm³/mol. The first-order valence-corrected chi connectivity index (χ1v) is 6.30. The summed E-state index contributed by atoms with van der Waals surface area (Å²) in [4.78, 5) is 2.56. The van der Waals surface area contributed by atoms with Crippen molar-refractivity contribution in [2.75, 3.05) is 20.1 Å². The SMILES string of the molecule is CNCC1CCCN1Cc1ccc(Cl)cc1.Cl. The first-order valence-electron chi connectivity index (χ1n) is 5.92. The second-order valence-electron chi connectivity index (χ2n) is 4.45. The zero-order valence-corrected chi connectivity index (χ0v) is 11.7. The Balaban J connectivity index is 0.00000144. The fraction of sp³-hybridized carbons (Fsp3) is 0.538. The highest BCUT2D eigenvalue weighted by Gasteiger charge is 2.23. The van der Waals surface area contributed by atoms with Gasteiger partial charge in [0.1, 0.15) is 0 Å². The molecule has 1 N–H and O–H groups in total. The van der Waals surface area contributed by atoms with Crippen LogP contribution in [0.4, 0.5) is 0 Å². The van der Waals surface area contributed by atoms with E-state index in [0.29, 0.717) is 6.04 Å². The Morgan fingerprint density at radius 2 is 2.06 bits per heavy atom. The molecule has 0 saturated carbocycles. The van der Waals surface area contributed by atoms with Crippen LogP contribution in [0, 0.1) is 0 Å². The molecule has 1 atom stereocenters. The molecule has 0 aromatic heterocycles. The van der Waals surface area contributed by atoms with Gasteiger partial charge in [-0.1, -0.05) is 23.7 Å². The van der Waals surface area contributed by atoms with Gasteiger partial charge in [0.2, 0.25) is 0 Å². The van der Waals surface area contributed by atoms with E-state index in [2.05, 4.69) is 22.3 Å². The number of likely N-dealkylation sites (N-methyl/N-ethyl adjacent to an activating group) is 1. The molecule has 1 heterocycles. The lowest BCUT2D eigenvalue weighted by atomic mass is 10.2. The molecule has 1 saturated heterocycles. The van der Waals surface area contributed by atoms with Gasteiger partial charge in [-0.3, -0.25) is 4.90 Å². The third kappa shape index (κ3) is 4.14.